The van der Waals surface area contributed by atoms with Gasteiger partial charge in [0.15, 0.2) is 0 Å². The molecule has 1 aliphatic heterocycles. The smallest absolute Gasteiger partial charge is 0.0190 e. The minimum absolute atomic E-state index is 0.394. The van der Waals surface area contributed by atoms with E-state index in [1.54, 1.807) is 11.5 Å². The van der Waals surface area contributed by atoms with Crippen LogP contribution in [0.5, 0.6) is 0 Å². The van der Waals surface area contributed by atoms with E-state index in [0.717, 1.165) is 12.1 Å². The van der Waals surface area contributed by atoms with Gasteiger partial charge in [-0.2, -0.15) is 10.2 Å². The number of rotatable bonds is 3. The average Bonchev–Trinajstić information content (AvgIpc) is 3.04. The van der Waals surface area contributed by atoms with Crippen LogP contribution in [0.1, 0.15) is 70.6 Å². The van der Waals surface area contributed by atoms with Gasteiger partial charge in [0.1, 0.15) is 0 Å². The lowest BCUT2D eigenvalue weighted by atomic mass is 9.94. The van der Waals surface area contributed by atoms with Crippen molar-refractivity contribution in [1.29, 1.82) is 0 Å². The van der Waals surface area contributed by atoms with Crippen LogP contribution >= 0.6 is 10.2 Å². The van der Waals surface area contributed by atoms with Crippen molar-refractivity contribution in [3.63, 3.8) is 0 Å². The highest BCUT2D eigenvalue weighted by Crippen LogP contribution is 2.58. The van der Waals surface area contributed by atoms with Gasteiger partial charge < -0.3 is 0 Å². The monoisotopic (exact) mass is 269 g/mol. The largest absolute Gasteiger partial charge is 0.262 e. The number of nitrogens with zero attached hydrogens (tertiary/aromatic N) is 1. The van der Waals surface area contributed by atoms with Crippen molar-refractivity contribution in [1.82, 2.24) is 4.31 Å². The van der Waals surface area contributed by atoms with Crippen LogP contribution in [0.15, 0.2) is 0 Å². The molecule has 0 aromatic heterocycles. The molecule has 3 fully saturated rings. The van der Waals surface area contributed by atoms with E-state index in [4.69, 9.17) is 0 Å². The molecule has 1 saturated heterocycles. The second-order valence-corrected chi connectivity index (χ2v) is 10.6. The second kappa shape index (κ2) is 5.75. The minimum Gasteiger partial charge on any atom is -0.262 e. The Labute approximate surface area is 115 Å². The first-order chi connectivity index (χ1) is 8.80. The molecule has 3 rings (SSSR count). The van der Waals surface area contributed by atoms with Crippen LogP contribution in [0.3, 0.4) is 0 Å². The van der Waals surface area contributed by atoms with Crippen LogP contribution in [-0.2, 0) is 0 Å². The summed E-state index contributed by atoms with van der Waals surface area (Å²) in [5.41, 5.74) is 0. The molecule has 0 amide bonds. The number of hydrogen-bond acceptors (Lipinski definition) is 1. The zero-order chi connectivity index (χ0) is 12.4. The Bertz CT molecular complexity index is 260. The summed E-state index contributed by atoms with van der Waals surface area (Å²) < 4.78 is 3.15. The maximum Gasteiger partial charge on any atom is 0.0190 e. The van der Waals surface area contributed by atoms with Crippen molar-refractivity contribution >= 4 is 10.2 Å². The summed E-state index contributed by atoms with van der Waals surface area (Å²) in [6.45, 7) is 0. The Hall–Kier alpha value is 0.310. The summed E-state index contributed by atoms with van der Waals surface area (Å²) in [6.07, 6.45) is 19.3. The molecule has 0 bridgehead atoms. The Morgan fingerprint density at radius 3 is 1.61 bits per heavy atom. The Balaban J connectivity index is 1.77. The molecule has 0 unspecified atom stereocenters. The normalized spacial score (nSPS) is 32.1. The summed E-state index contributed by atoms with van der Waals surface area (Å²) in [5.74, 6) is 3.11. The molecule has 2 heteroatoms. The van der Waals surface area contributed by atoms with Gasteiger partial charge in [-0.3, -0.25) is 4.31 Å². The summed E-state index contributed by atoms with van der Waals surface area (Å²) in [7, 11) is -0.394. The van der Waals surface area contributed by atoms with Crippen LogP contribution in [0.25, 0.3) is 0 Å². The molecule has 1 nitrogen and oxygen atoms in total. The summed E-state index contributed by atoms with van der Waals surface area (Å²) in [5, 5.41) is 0. The van der Waals surface area contributed by atoms with Gasteiger partial charge in [-0.15, -0.1) is 0 Å². The highest BCUT2D eigenvalue weighted by Gasteiger charge is 2.40. The topological polar surface area (TPSA) is 3.24 Å². The average molecular weight is 269 g/mol. The van der Waals surface area contributed by atoms with Crippen molar-refractivity contribution in [3.05, 3.63) is 0 Å². The lowest BCUT2D eigenvalue weighted by Gasteiger charge is -2.52. The van der Waals surface area contributed by atoms with Crippen molar-refractivity contribution in [2.75, 3.05) is 17.8 Å². The molecule has 0 spiro atoms. The summed E-state index contributed by atoms with van der Waals surface area (Å²) in [6, 6.07) is 1.95. The molecule has 0 N–H and O–H groups in total. The van der Waals surface area contributed by atoms with Crippen molar-refractivity contribution in [3.8, 4) is 0 Å². The van der Waals surface area contributed by atoms with Gasteiger partial charge in [0.05, 0.1) is 0 Å². The van der Waals surface area contributed by atoms with Crippen LogP contribution in [0.4, 0.5) is 0 Å². The van der Waals surface area contributed by atoms with Crippen molar-refractivity contribution in [2.45, 2.75) is 82.7 Å². The molecule has 0 aromatic carbocycles. The Kier molecular flexibility index (Phi) is 4.25. The molecular weight excluding hydrogens is 238 g/mol. The van der Waals surface area contributed by atoms with Gasteiger partial charge in [0.2, 0.25) is 0 Å². The molecule has 3 aliphatic rings. The second-order valence-electron chi connectivity index (χ2n) is 6.93. The molecule has 2 aliphatic carbocycles. The molecule has 2 saturated carbocycles. The molecule has 0 radical (unpaired) electrons. The SMILES string of the molecule is CS1(N(C2CCCCC2)C2CCCC2)CCCC1. The van der Waals surface area contributed by atoms with Crippen LogP contribution in [0.2, 0.25) is 0 Å². The number of hydrogen-bond donors (Lipinski definition) is 0. The summed E-state index contributed by atoms with van der Waals surface area (Å²) in [4.78, 5) is 0. The molecule has 1 heterocycles. The molecule has 0 aromatic rings. The van der Waals surface area contributed by atoms with E-state index in [0.29, 0.717) is 0 Å². The fourth-order valence-corrected chi connectivity index (χ4v) is 8.79. The summed E-state index contributed by atoms with van der Waals surface area (Å²) >= 11 is 0. The highest BCUT2D eigenvalue weighted by atomic mass is 32.3. The lowest BCUT2D eigenvalue weighted by Crippen LogP contribution is -2.45. The first-order valence-corrected chi connectivity index (χ1v) is 10.7. The van der Waals surface area contributed by atoms with E-state index in [9.17, 15) is 0 Å². The molecule has 106 valence electrons. The van der Waals surface area contributed by atoms with Crippen LogP contribution in [0, 0.1) is 0 Å². The predicted molar refractivity (Wildman–Crippen MR) is 83.5 cm³/mol. The highest BCUT2D eigenvalue weighted by molar-refractivity contribution is 8.31. The molecular formula is C16H31NS. The van der Waals surface area contributed by atoms with E-state index in [2.05, 4.69) is 10.6 Å². The van der Waals surface area contributed by atoms with Gasteiger partial charge in [0.25, 0.3) is 0 Å². The van der Waals surface area contributed by atoms with E-state index in [1.807, 2.05) is 0 Å². The Morgan fingerprint density at radius 2 is 1.11 bits per heavy atom. The zero-order valence-electron chi connectivity index (χ0n) is 12.2. The van der Waals surface area contributed by atoms with Gasteiger partial charge in [-0.1, -0.05) is 32.1 Å². The Morgan fingerprint density at radius 1 is 0.667 bits per heavy atom. The molecule has 18 heavy (non-hydrogen) atoms. The van der Waals surface area contributed by atoms with E-state index in [1.165, 1.54) is 70.6 Å². The zero-order valence-corrected chi connectivity index (χ0v) is 13.0. The van der Waals surface area contributed by atoms with E-state index < -0.39 is 10.2 Å². The van der Waals surface area contributed by atoms with Gasteiger partial charge >= 0.3 is 0 Å². The standard InChI is InChI=1S/C16H31NS/c1-18(13-7-8-14-18)17(16-11-5-6-12-16)15-9-3-2-4-10-15/h15-16H,2-14H2,1H3. The minimum atomic E-state index is -0.394. The van der Waals surface area contributed by atoms with E-state index in [-0.39, 0.29) is 0 Å². The lowest BCUT2D eigenvalue weighted by molar-refractivity contribution is 0.215. The van der Waals surface area contributed by atoms with Gasteiger partial charge in [-0.05, 0) is 56.3 Å². The van der Waals surface area contributed by atoms with Crippen LogP contribution < -0.4 is 0 Å². The van der Waals surface area contributed by atoms with Gasteiger partial charge in [0, 0.05) is 12.1 Å². The third-order valence-corrected chi connectivity index (χ3v) is 9.50. The first-order valence-electron chi connectivity index (χ1n) is 8.32. The third kappa shape index (κ3) is 2.60. The maximum atomic E-state index is 3.15. The molecule has 0 atom stereocenters. The van der Waals surface area contributed by atoms with Crippen molar-refractivity contribution in [2.24, 2.45) is 0 Å². The fourth-order valence-electron chi connectivity index (χ4n) is 4.65. The van der Waals surface area contributed by atoms with E-state index >= 15 is 0 Å². The fraction of sp³-hybridized carbons (Fsp3) is 1.00. The van der Waals surface area contributed by atoms with Crippen molar-refractivity contribution < 1.29 is 0 Å². The first kappa shape index (κ1) is 13.3. The quantitative estimate of drug-likeness (QED) is 0.717. The maximum absolute atomic E-state index is 3.15. The van der Waals surface area contributed by atoms with Gasteiger partial charge in [-0.25, -0.2) is 0 Å². The third-order valence-electron chi connectivity index (χ3n) is 5.55. The predicted octanol–water partition coefficient (Wildman–Crippen LogP) is 4.71. The van der Waals surface area contributed by atoms with Crippen LogP contribution in [-0.4, -0.2) is 34.2 Å².